The van der Waals surface area contributed by atoms with Crippen molar-refractivity contribution in [3.05, 3.63) is 29.8 Å². The van der Waals surface area contributed by atoms with Crippen molar-refractivity contribution in [1.82, 2.24) is 10.2 Å². The highest BCUT2D eigenvalue weighted by Gasteiger charge is 2.67. The number of halogens is 6. The molecule has 5 atom stereocenters. The Morgan fingerprint density at radius 1 is 1.03 bits per heavy atom. The number of rotatable bonds is 5. The minimum Gasteiger partial charge on any atom is -0.484 e. The van der Waals surface area contributed by atoms with Gasteiger partial charge in [0.15, 0.2) is 6.61 Å². The number of fused-ring (bicyclic) bond motifs is 1. The molecule has 0 spiro atoms. The Morgan fingerprint density at radius 3 is 2.18 bits per heavy atom. The van der Waals surface area contributed by atoms with Crippen LogP contribution in [0.1, 0.15) is 18.4 Å². The topological polar surface area (TPSA) is 67.9 Å². The molecule has 12 heteroatoms. The second-order valence-corrected chi connectivity index (χ2v) is 8.61. The third kappa shape index (κ3) is 5.36. The van der Waals surface area contributed by atoms with Crippen LogP contribution in [0.2, 0.25) is 0 Å². The predicted molar refractivity (Wildman–Crippen MR) is 101 cm³/mol. The molecule has 0 bridgehead atoms. The number of hydrogen-bond acceptors (Lipinski definition) is 4. The Labute approximate surface area is 185 Å². The smallest absolute Gasteiger partial charge is 0.416 e. The summed E-state index contributed by atoms with van der Waals surface area (Å²) in [6.07, 6.45) is -8.67. The second-order valence-electron chi connectivity index (χ2n) is 8.61. The Hall–Kier alpha value is -2.50. The molecule has 182 valence electrons. The number of carbonyl (C=O) groups excluding carboxylic acids is 2. The van der Waals surface area contributed by atoms with E-state index in [1.165, 1.54) is 4.90 Å². The maximum absolute atomic E-state index is 12.8. The molecule has 4 rings (SSSR count). The van der Waals surface area contributed by atoms with E-state index in [0.29, 0.717) is 12.8 Å². The van der Waals surface area contributed by atoms with Crippen molar-refractivity contribution in [2.24, 2.45) is 17.8 Å². The minimum atomic E-state index is -4.46. The van der Waals surface area contributed by atoms with E-state index < -0.39 is 54.3 Å². The van der Waals surface area contributed by atoms with Crippen molar-refractivity contribution in [2.75, 3.05) is 26.3 Å². The van der Waals surface area contributed by atoms with E-state index >= 15 is 0 Å². The van der Waals surface area contributed by atoms with Gasteiger partial charge < -0.3 is 19.7 Å². The van der Waals surface area contributed by atoms with Crippen molar-refractivity contribution in [1.29, 1.82) is 0 Å². The van der Waals surface area contributed by atoms with E-state index in [4.69, 9.17) is 9.47 Å². The molecule has 1 N–H and O–H groups in total. The minimum absolute atomic E-state index is 0.0638. The highest BCUT2D eigenvalue weighted by atomic mass is 19.4. The van der Waals surface area contributed by atoms with Crippen LogP contribution in [0.25, 0.3) is 0 Å². The second kappa shape index (κ2) is 8.69. The summed E-state index contributed by atoms with van der Waals surface area (Å²) in [5.41, 5.74) is -0.825. The van der Waals surface area contributed by atoms with Crippen LogP contribution in [0, 0.1) is 17.8 Å². The molecule has 3 fully saturated rings. The quantitative estimate of drug-likeness (QED) is 0.659. The molecule has 2 amide bonds. The maximum Gasteiger partial charge on any atom is 0.416 e. The van der Waals surface area contributed by atoms with Crippen LogP contribution >= 0.6 is 0 Å². The van der Waals surface area contributed by atoms with E-state index in [9.17, 15) is 35.9 Å². The zero-order chi connectivity index (χ0) is 24.0. The number of hydrogen-bond donors (Lipinski definition) is 1. The number of nitrogens with one attached hydrogen (secondary N) is 1. The van der Waals surface area contributed by atoms with Gasteiger partial charge in [-0.05, 0) is 48.9 Å². The van der Waals surface area contributed by atoms with E-state index in [2.05, 4.69) is 5.32 Å². The first-order valence-corrected chi connectivity index (χ1v) is 10.5. The van der Waals surface area contributed by atoms with Crippen LogP contribution in [0.15, 0.2) is 24.3 Å². The molecule has 2 heterocycles. The summed E-state index contributed by atoms with van der Waals surface area (Å²) < 4.78 is 86.8. The fourth-order valence-electron chi connectivity index (χ4n) is 4.61. The largest absolute Gasteiger partial charge is 0.484 e. The lowest BCUT2D eigenvalue weighted by Gasteiger charge is -2.32. The Bertz CT molecular complexity index is 868. The lowest BCUT2D eigenvalue weighted by molar-refractivity contribution is -0.162. The van der Waals surface area contributed by atoms with Crippen molar-refractivity contribution < 1.29 is 45.4 Å². The maximum atomic E-state index is 12.8. The van der Waals surface area contributed by atoms with Gasteiger partial charge in [0.1, 0.15) is 11.9 Å². The van der Waals surface area contributed by atoms with Crippen LogP contribution in [-0.2, 0) is 20.5 Å². The van der Waals surface area contributed by atoms with E-state index in [-0.39, 0.29) is 37.4 Å². The third-order valence-corrected chi connectivity index (χ3v) is 6.35. The molecule has 0 aromatic heterocycles. The Morgan fingerprint density at radius 2 is 1.67 bits per heavy atom. The molecule has 1 aliphatic carbocycles. The van der Waals surface area contributed by atoms with E-state index in [1.54, 1.807) is 0 Å². The van der Waals surface area contributed by atoms with Gasteiger partial charge >= 0.3 is 12.4 Å². The first-order valence-electron chi connectivity index (χ1n) is 10.5. The molecule has 1 saturated carbocycles. The summed E-state index contributed by atoms with van der Waals surface area (Å²) in [4.78, 5) is 26.0. The molecular weight excluding hydrogens is 458 g/mol. The van der Waals surface area contributed by atoms with Gasteiger partial charge in [0.2, 0.25) is 0 Å². The SMILES string of the molecule is O=C(COc1ccc(C(F)(F)F)cc1)N[C@H]1CC[C@H](C(=O)N2C[C@@H]3C(C(F)(F)F)[C@@H]3C2)OC1. The molecule has 2 aliphatic heterocycles. The highest BCUT2D eigenvalue weighted by molar-refractivity contribution is 5.82. The molecule has 0 radical (unpaired) electrons. The van der Waals surface area contributed by atoms with Crippen LogP contribution < -0.4 is 10.1 Å². The van der Waals surface area contributed by atoms with Crippen molar-refractivity contribution in [3.63, 3.8) is 0 Å². The Kier molecular flexibility index (Phi) is 6.23. The number of ether oxygens (including phenoxy) is 2. The summed E-state index contributed by atoms with van der Waals surface area (Å²) in [5, 5.41) is 2.67. The van der Waals surface area contributed by atoms with Gasteiger partial charge in [0.25, 0.3) is 11.8 Å². The molecule has 1 unspecified atom stereocenters. The predicted octanol–water partition coefficient (Wildman–Crippen LogP) is 3.01. The van der Waals surface area contributed by atoms with Crippen LogP contribution in [0.5, 0.6) is 5.75 Å². The third-order valence-electron chi connectivity index (χ3n) is 6.35. The summed E-state index contributed by atoms with van der Waals surface area (Å²) >= 11 is 0. The van der Waals surface area contributed by atoms with Crippen LogP contribution in [0.4, 0.5) is 26.3 Å². The summed E-state index contributed by atoms with van der Waals surface area (Å²) in [6.45, 7) is -0.153. The number of carbonyl (C=O) groups is 2. The van der Waals surface area contributed by atoms with Crippen LogP contribution in [0.3, 0.4) is 0 Å². The molecule has 3 aliphatic rings. The summed E-state index contributed by atoms with van der Waals surface area (Å²) in [5.74, 6) is -3.05. The van der Waals surface area contributed by atoms with Gasteiger partial charge in [-0.1, -0.05) is 0 Å². The lowest BCUT2D eigenvalue weighted by atomic mass is 10.0. The lowest BCUT2D eigenvalue weighted by Crippen LogP contribution is -2.49. The molecule has 1 aromatic carbocycles. The molecule has 6 nitrogen and oxygen atoms in total. The van der Waals surface area contributed by atoms with Gasteiger partial charge in [0, 0.05) is 13.1 Å². The number of piperidine rings is 1. The summed E-state index contributed by atoms with van der Waals surface area (Å²) in [7, 11) is 0. The molecular formula is C21H22F6N2O4. The van der Waals surface area contributed by atoms with Gasteiger partial charge in [-0.25, -0.2) is 0 Å². The Balaban J connectivity index is 1.15. The fourth-order valence-corrected chi connectivity index (χ4v) is 4.61. The van der Waals surface area contributed by atoms with Gasteiger partial charge in [0.05, 0.1) is 24.1 Å². The first kappa shape index (κ1) is 23.7. The van der Waals surface area contributed by atoms with Gasteiger partial charge in [-0.15, -0.1) is 0 Å². The fraction of sp³-hybridized carbons (Fsp3) is 0.619. The first-order chi connectivity index (χ1) is 15.4. The summed E-state index contributed by atoms with van der Waals surface area (Å²) in [6, 6.07) is 3.57. The average Bonchev–Trinajstić information content (AvgIpc) is 3.28. The normalized spacial score (nSPS) is 29.4. The van der Waals surface area contributed by atoms with Crippen LogP contribution in [-0.4, -0.2) is 61.3 Å². The van der Waals surface area contributed by atoms with E-state index in [1.807, 2.05) is 0 Å². The number of alkyl halides is 6. The number of benzene rings is 1. The van der Waals surface area contributed by atoms with Crippen molar-refractivity contribution >= 4 is 11.8 Å². The standard InChI is InChI=1S/C21H22F6N2O4/c22-20(23,24)11-1-4-13(5-2-11)32-10-17(30)28-12-3-6-16(33-9-12)19(31)29-7-14-15(8-29)18(14)21(25,26)27/h1-2,4-5,12,14-16,18H,3,6-10H2,(H,28,30)/t12-,14-,15+,16+,18?/m0/s1. The number of nitrogens with zero attached hydrogens (tertiary/aromatic N) is 1. The average molecular weight is 480 g/mol. The number of amides is 2. The number of likely N-dealkylation sites (tertiary alicyclic amines) is 1. The zero-order valence-corrected chi connectivity index (χ0v) is 17.3. The molecule has 33 heavy (non-hydrogen) atoms. The van der Waals surface area contributed by atoms with Gasteiger partial charge in [-0.3, -0.25) is 9.59 Å². The monoisotopic (exact) mass is 480 g/mol. The highest BCUT2D eigenvalue weighted by Crippen LogP contribution is 2.59. The van der Waals surface area contributed by atoms with Gasteiger partial charge in [-0.2, -0.15) is 26.3 Å². The molecule has 1 aromatic rings. The van der Waals surface area contributed by atoms with Crippen molar-refractivity contribution in [2.45, 2.75) is 37.3 Å². The van der Waals surface area contributed by atoms with Crippen molar-refractivity contribution in [3.8, 4) is 5.75 Å². The zero-order valence-electron chi connectivity index (χ0n) is 17.3. The molecule has 2 saturated heterocycles. The van der Waals surface area contributed by atoms with E-state index in [0.717, 1.165) is 24.3 Å².